The molecule has 0 saturated carbocycles. The first-order valence-electron chi connectivity index (χ1n) is 8.63. The number of nitrogens with one attached hydrogen (secondary N) is 1. The number of furan rings is 1. The first-order chi connectivity index (χ1) is 12.2. The van der Waals surface area contributed by atoms with Gasteiger partial charge in [-0.2, -0.15) is 0 Å². The Morgan fingerprint density at radius 3 is 2.84 bits per heavy atom. The number of thiazole rings is 1. The topological polar surface area (TPSA) is 58.4 Å². The third-order valence-corrected chi connectivity index (χ3v) is 5.88. The predicted octanol–water partition coefficient (Wildman–Crippen LogP) is 3.84. The van der Waals surface area contributed by atoms with E-state index >= 15 is 0 Å². The highest BCUT2D eigenvalue weighted by Gasteiger charge is 2.22. The molecule has 1 amide bonds. The minimum Gasteiger partial charge on any atom is -0.459 e. The van der Waals surface area contributed by atoms with E-state index in [-0.39, 0.29) is 5.91 Å². The molecule has 1 saturated heterocycles. The van der Waals surface area contributed by atoms with E-state index in [9.17, 15) is 4.79 Å². The molecule has 1 aromatic carbocycles. The zero-order valence-electron chi connectivity index (χ0n) is 14.2. The Bertz CT molecular complexity index is 845. The minimum atomic E-state index is -0.115. The first kappa shape index (κ1) is 16.1. The van der Waals surface area contributed by atoms with E-state index in [4.69, 9.17) is 9.40 Å². The maximum absolute atomic E-state index is 12.1. The molecule has 5 nitrogen and oxygen atoms in total. The Balaban J connectivity index is 1.31. The number of aromatic nitrogens is 1. The van der Waals surface area contributed by atoms with Gasteiger partial charge in [-0.3, -0.25) is 4.79 Å². The number of amides is 1. The summed E-state index contributed by atoms with van der Waals surface area (Å²) in [5.41, 5.74) is 1.95. The zero-order chi connectivity index (χ0) is 17.2. The lowest BCUT2D eigenvalue weighted by Gasteiger charge is -2.31. The van der Waals surface area contributed by atoms with Crippen molar-refractivity contribution in [3.63, 3.8) is 0 Å². The molecule has 6 heteroatoms. The normalized spacial score (nSPS) is 15.6. The molecule has 1 N–H and O–H groups in total. The van der Waals surface area contributed by atoms with Crippen LogP contribution in [-0.4, -0.2) is 30.5 Å². The highest BCUT2D eigenvalue weighted by atomic mass is 32.1. The van der Waals surface area contributed by atoms with Crippen molar-refractivity contribution in [1.82, 2.24) is 10.3 Å². The number of carbonyl (C=O) groups excluding carboxylic acids is 1. The monoisotopic (exact) mass is 355 g/mol. The van der Waals surface area contributed by atoms with Gasteiger partial charge < -0.3 is 14.6 Å². The Kier molecular flexibility index (Phi) is 4.44. The smallest absolute Gasteiger partial charge is 0.287 e. The Hall–Kier alpha value is -2.34. The number of fused-ring (bicyclic) bond motifs is 1. The second-order valence-corrected chi connectivity index (χ2v) is 7.55. The third-order valence-electron chi connectivity index (χ3n) is 4.79. The van der Waals surface area contributed by atoms with Crippen LogP contribution in [0, 0.1) is 12.8 Å². The number of hydrogen-bond donors (Lipinski definition) is 1. The molecular formula is C19H21N3O2S. The number of piperidine rings is 1. The number of anilines is 1. The summed E-state index contributed by atoms with van der Waals surface area (Å²) in [7, 11) is 0. The summed E-state index contributed by atoms with van der Waals surface area (Å²) >= 11 is 1.76. The molecule has 2 aromatic heterocycles. The van der Waals surface area contributed by atoms with Crippen LogP contribution < -0.4 is 10.2 Å². The van der Waals surface area contributed by atoms with Crippen molar-refractivity contribution in [1.29, 1.82) is 0 Å². The van der Waals surface area contributed by atoms with Crippen molar-refractivity contribution in [2.24, 2.45) is 5.92 Å². The van der Waals surface area contributed by atoms with Crippen LogP contribution in [0.4, 0.5) is 5.13 Å². The number of rotatable bonds is 4. The van der Waals surface area contributed by atoms with E-state index in [1.807, 2.05) is 19.1 Å². The van der Waals surface area contributed by atoms with Crippen molar-refractivity contribution in [2.45, 2.75) is 19.8 Å². The summed E-state index contributed by atoms with van der Waals surface area (Å²) < 4.78 is 6.48. The largest absolute Gasteiger partial charge is 0.459 e. The van der Waals surface area contributed by atoms with Crippen molar-refractivity contribution >= 4 is 32.6 Å². The Labute approximate surface area is 150 Å². The lowest BCUT2D eigenvalue weighted by Crippen LogP contribution is -2.38. The highest BCUT2D eigenvalue weighted by Crippen LogP contribution is 2.31. The minimum absolute atomic E-state index is 0.115. The summed E-state index contributed by atoms with van der Waals surface area (Å²) in [6.07, 6.45) is 3.68. The van der Waals surface area contributed by atoms with Crippen LogP contribution in [0.1, 0.15) is 29.0 Å². The first-order valence-corrected chi connectivity index (χ1v) is 9.45. The fraction of sp³-hybridized carbons (Fsp3) is 0.368. The van der Waals surface area contributed by atoms with Crippen molar-refractivity contribution in [3.8, 4) is 0 Å². The fourth-order valence-electron chi connectivity index (χ4n) is 3.25. The molecule has 0 bridgehead atoms. The van der Waals surface area contributed by atoms with Crippen LogP contribution in [0.25, 0.3) is 10.2 Å². The molecule has 0 radical (unpaired) electrons. The van der Waals surface area contributed by atoms with Crippen LogP contribution in [-0.2, 0) is 0 Å². The molecule has 25 heavy (non-hydrogen) atoms. The lowest BCUT2D eigenvalue weighted by molar-refractivity contribution is 0.0916. The Morgan fingerprint density at radius 1 is 1.32 bits per heavy atom. The van der Waals surface area contributed by atoms with Gasteiger partial charge in [-0.05, 0) is 43.9 Å². The van der Waals surface area contributed by atoms with Gasteiger partial charge in [-0.25, -0.2) is 4.98 Å². The SMILES string of the molecule is Cc1ccoc1C(=O)NCC1CCN(c2nc3ccccc3s2)CC1. The molecule has 1 fully saturated rings. The predicted molar refractivity (Wildman–Crippen MR) is 100 cm³/mol. The average molecular weight is 355 g/mol. The number of para-hydroxylation sites is 1. The van der Waals surface area contributed by atoms with Gasteiger partial charge in [-0.1, -0.05) is 23.5 Å². The molecule has 1 aliphatic rings. The van der Waals surface area contributed by atoms with Gasteiger partial charge in [0.1, 0.15) is 0 Å². The van der Waals surface area contributed by atoms with Gasteiger partial charge in [0, 0.05) is 25.2 Å². The molecule has 3 aromatic rings. The summed E-state index contributed by atoms with van der Waals surface area (Å²) in [5.74, 6) is 0.813. The van der Waals surface area contributed by atoms with Crippen molar-refractivity contribution in [2.75, 3.05) is 24.5 Å². The summed E-state index contributed by atoms with van der Waals surface area (Å²) in [4.78, 5) is 19.2. The Morgan fingerprint density at radius 2 is 2.12 bits per heavy atom. The molecule has 130 valence electrons. The summed E-state index contributed by atoms with van der Waals surface area (Å²) in [6, 6.07) is 10.1. The van der Waals surface area contributed by atoms with Crippen LogP contribution in [0.2, 0.25) is 0 Å². The standard InChI is InChI=1S/C19H21N3O2S/c1-13-8-11-24-17(13)18(23)20-12-14-6-9-22(10-7-14)19-21-15-4-2-3-5-16(15)25-19/h2-5,8,11,14H,6-7,9-10,12H2,1H3,(H,20,23). The summed E-state index contributed by atoms with van der Waals surface area (Å²) in [6.45, 7) is 4.56. The van der Waals surface area contributed by atoms with Crippen LogP contribution in [0.5, 0.6) is 0 Å². The van der Waals surface area contributed by atoms with Crippen molar-refractivity contribution < 1.29 is 9.21 Å². The molecule has 0 aliphatic carbocycles. The number of benzene rings is 1. The van der Waals surface area contributed by atoms with E-state index in [0.29, 0.717) is 18.2 Å². The average Bonchev–Trinajstić information content (AvgIpc) is 3.26. The van der Waals surface area contributed by atoms with Gasteiger partial charge in [-0.15, -0.1) is 0 Å². The number of nitrogens with zero attached hydrogens (tertiary/aromatic N) is 2. The quantitative estimate of drug-likeness (QED) is 0.772. The molecule has 0 atom stereocenters. The van der Waals surface area contributed by atoms with Crippen LogP contribution in [0.3, 0.4) is 0 Å². The zero-order valence-corrected chi connectivity index (χ0v) is 15.0. The second kappa shape index (κ2) is 6.88. The maximum atomic E-state index is 12.1. The van der Waals surface area contributed by atoms with Crippen LogP contribution in [0.15, 0.2) is 41.0 Å². The number of hydrogen-bond acceptors (Lipinski definition) is 5. The van der Waals surface area contributed by atoms with Gasteiger partial charge in [0.05, 0.1) is 16.5 Å². The van der Waals surface area contributed by atoms with E-state index in [1.165, 1.54) is 4.70 Å². The van der Waals surface area contributed by atoms with Crippen LogP contribution >= 0.6 is 11.3 Å². The van der Waals surface area contributed by atoms with Crippen molar-refractivity contribution in [3.05, 3.63) is 47.9 Å². The van der Waals surface area contributed by atoms with Gasteiger partial charge in [0.25, 0.3) is 5.91 Å². The highest BCUT2D eigenvalue weighted by molar-refractivity contribution is 7.22. The van der Waals surface area contributed by atoms with E-state index < -0.39 is 0 Å². The molecular weight excluding hydrogens is 334 g/mol. The third kappa shape index (κ3) is 3.39. The van der Waals surface area contributed by atoms with E-state index in [0.717, 1.165) is 42.1 Å². The molecule has 3 heterocycles. The van der Waals surface area contributed by atoms with Gasteiger partial charge in [0.15, 0.2) is 10.9 Å². The number of carbonyl (C=O) groups is 1. The van der Waals surface area contributed by atoms with E-state index in [1.54, 1.807) is 17.6 Å². The maximum Gasteiger partial charge on any atom is 0.287 e. The number of aryl methyl sites for hydroxylation is 1. The fourth-order valence-corrected chi connectivity index (χ4v) is 4.26. The molecule has 0 spiro atoms. The molecule has 1 aliphatic heterocycles. The van der Waals surface area contributed by atoms with Gasteiger partial charge in [0.2, 0.25) is 0 Å². The lowest BCUT2D eigenvalue weighted by atomic mass is 9.97. The van der Waals surface area contributed by atoms with E-state index in [2.05, 4.69) is 28.4 Å². The second-order valence-electron chi connectivity index (χ2n) is 6.54. The molecule has 0 unspecified atom stereocenters. The molecule has 4 rings (SSSR count). The summed E-state index contributed by atoms with van der Waals surface area (Å²) in [5, 5.41) is 4.11. The van der Waals surface area contributed by atoms with Gasteiger partial charge >= 0.3 is 0 Å².